The average Bonchev–Trinajstić information content (AvgIpc) is 3.01. The monoisotopic (exact) mass is 639 g/mol. The second-order valence-corrected chi connectivity index (χ2v) is 13.8. The van der Waals surface area contributed by atoms with Crippen LogP contribution >= 0.6 is 0 Å². The molecule has 0 fully saturated rings. The molecule has 0 saturated heterocycles. The van der Waals surface area contributed by atoms with Crippen LogP contribution in [0.15, 0.2) is 0 Å². The third-order valence-corrected chi connectivity index (χ3v) is 8.60. The smallest absolute Gasteiger partial charge is 0.306 e. The van der Waals surface area contributed by atoms with Crippen molar-refractivity contribution in [3.05, 3.63) is 0 Å². The zero-order valence-corrected chi connectivity index (χ0v) is 31.5. The summed E-state index contributed by atoms with van der Waals surface area (Å²) >= 11 is 0. The molecule has 0 saturated carbocycles. The van der Waals surface area contributed by atoms with Gasteiger partial charge in [-0.3, -0.25) is 9.59 Å². The van der Waals surface area contributed by atoms with E-state index in [-0.39, 0.29) is 18.0 Å². The number of ether oxygens (including phenoxy) is 2. The van der Waals surface area contributed by atoms with Crippen molar-refractivity contribution in [3.8, 4) is 0 Å². The average molecular weight is 639 g/mol. The van der Waals surface area contributed by atoms with Crippen LogP contribution in [0.1, 0.15) is 240 Å². The Hall–Kier alpha value is -1.06. The van der Waals surface area contributed by atoms with Crippen LogP contribution in [0.2, 0.25) is 0 Å². The summed E-state index contributed by atoms with van der Waals surface area (Å²) in [5.41, 5.74) is 0. The minimum atomic E-state index is -0.0362. The Morgan fingerprint density at radius 2 is 0.644 bits per heavy atom. The van der Waals surface area contributed by atoms with Gasteiger partial charge in [0, 0.05) is 12.8 Å². The van der Waals surface area contributed by atoms with Crippen LogP contribution in [0, 0.1) is 0 Å². The third kappa shape index (κ3) is 45.1. The highest BCUT2D eigenvalue weighted by atomic mass is 16.5. The molecule has 270 valence electrons. The molecule has 0 aromatic rings. The molecule has 0 rings (SSSR count). The molecule has 0 aliphatic carbocycles. The summed E-state index contributed by atoms with van der Waals surface area (Å²) in [6, 6.07) is 0. The van der Waals surface area contributed by atoms with Crippen molar-refractivity contribution in [2.75, 3.05) is 6.61 Å². The predicted molar refractivity (Wildman–Crippen MR) is 197 cm³/mol. The van der Waals surface area contributed by atoms with Gasteiger partial charge in [0.15, 0.2) is 0 Å². The molecule has 4 heteroatoms. The molecule has 0 aliphatic heterocycles. The summed E-state index contributed by atoms with van der Waals surface area (Å²) in [4.78, 5) is 22.9. The van der Waals surface area contributed by atoms with Crippen molar-refractivity contribution in [1.29, 1.82) is 0 Å². The summed E-state index contributed by atoms with van der Waals surface area (Å²) in [6.45, 7) is 11.2. The van der Waals surface area contributed by atoms with Gasteiger partial charge in [-0.1, -0.05) is 194 Å². The number of hydrogen-bond acceptors (Lipinski definition) is 4. The second kappa shape index (κ2) is 41.0. The Labute approximate surface area is 283 Å². The first kappa shape index (κ1) is 46.1. The van der Waals surface area contributed by atoms with Gasteiger partial charge >= 0.3 is 11.9 Å². The SMILES string of the molecule is CCCCCCCCCCCCCC(=O)OC(C)C.CCCCCCCCCCCCCCCC(=O)OCCCCCCCC. The van der Waals surface area contributed by atoms with E-state index in [1.165, 1.54) is 173 Å². The van der Waals surface area contributed by atoms with Crippen molar-refractivity contribution in [3.63, 3.8) is 0 Å². The van der Waals surface area contributed by atoms with Crippen LogP contribution in [0.4, 0.5) is 0 Å². The van der Waals surface area contributed by atoms with Gasteiger partial charge in [-0.25, -0.2) is 0 Å². The van der Waals surface area contributed by atoms with Crippen LogP contribution in [-0.2, 0) is 19.1 Å². The van der Waals surface area contributed by atoms with Gasteiger partial charge in [0.05, 0.1) is 12.7 Å². The van der Waals surface area contributed by atoms with Crippen LogP contribution < -0.4 is 0 Å². The molecule has 0 N–H and O–H groups in total. The first-order valence-corrected chi connectivity index (χ1v) is 20.3. The Kier molecular flexibility index (Phi) is 41.9. The molecule has 0 atom stereocenters. The summed E-state index contributed by atoms with van der Waals surface area (Å²) in [5, 5.41) is 0. The van der Waals surface area contributed by atoms with Crippen LogP contribution in [0.3, 0.4) is 0 Å². The van der Waals surface area contributed by atoms with Crippen LogP contribution in [0.5, 0.6) is 0 Å². The minimum Gasteiger partial charge on any atom is -0.466 e. The van der Waals surface area contributed by atoms with Gasteiger partial charge in [0.25, 0.3) is 0 Å². The molecular formula is C41H82O4. The number of carbonyl (C=O) groups is 2. The first-order valence-electron chi connectivity index (χ1n) is 20.3. The lowest BCUT2D eigenvalue weighted by Crippen LogP contribution is -2.10. The maximum atomic E-state index is 11.7. The number of esters is 2. The molecule has 0 amide bonds. The third-order valence-electron chi connectivity index (χ3n) is 8.60. The van der Waals surface area contributed by atoms with E-state index in [1.54, 1.807) is 0 Å². The van der Waals surface area contributed by atoms with E-state index < -0.39 is 0 Å². The van der Waals surface area contributed by atoms with Gasteiger partial charge < -0.3 is 9.47 Å². The predicted octanol–water partition coefficient (Wildman–Crippen LogP) is 14.0. The fourth-order valence-corrected chi connectivity index (χ4v) is 5.68. The summed E-state index contributed by atoms with van der Waals surface area (Å²) in [7, 11) is 0. The zero-order chi connectivity index (χ0) is 33.5. The minimum absolute atomic E-state index is 0.0154. The molecule has 0 aromatic heterocycles. The topological polar surface area (TPSA) is 52.6 Å². The van der Waals surface area contributed by atoms with Crippen molar-refractivity contribution < 1.29 is 19.1 Å². The number of rotatable bonds is 34. The molecular weight excluding hydrogens is 556 g/mol. The maximum Gasteiger partial charge on any atom is 0.306 e. The molecule has 0 spiro atoms. The van der Waals surface area contributed by atoms with E-state index in [1.807, 2.05) is 13.8 Å². The highest BCUT2D eigenvalue weighted by molar-refractivity contribution is 5.69. The molecule has 0 radical (unpaired) electrons. The fraction of sp³-hybridized carbons (Fsp3) is 0.951. The van der Waals surface area contributed by atoms with Gasteiger partial charge in [-0.15, -0.1) is 0 Å². The maximum absolute atomic E-state index is 11.7. The molecule has 0 unspecified atom stereocenters. The molecule has 0 heterocycles. The highest BCUT2D eigenvalue weighted by Gasteiger charge is 2.05. The zero-order valence-electron chi connectivity index (χ0n) is 31.5. The van der Waals surface area contributed by atoms with Gasteiger partial charge in [-0.2, -0.15) is 0 Å². The number of hydrogen-bond donors (Lipinski definition) is 0. The van der Waals surface area contributed by atoms with Gasteiger partial charge in [-0.05, 0) is 33.1 Å². The van der Waals surface area contributed by atoms with Crippen LogP contribution in [-0.4, -0.2) is 24.6 Å². The van der Waals surface area contributed by atoms with Crippen LogP contribution in [0.25, 0.3) is 0 Å². The standard InChI is InChI=1S/C24H48O2.C17H34O2/c1-3-5-7-9-11-12-13-14-15-16-17-18-20-22-24(25)26-23-21-19-10-8-6-4-2;1-4-5-6-7-8-9-10-11-12-13-14-15-17(18)19-16(2)3/h3-23H2,1-2H3;16H,4-15H2,1-3H3. The lowest BCUT2D eigenvalue weighted by molar-refractivity contribution is -0.147. The Bertz CT molecular complexity index is 574. The molecule has 0 bridgehead atoms. The van der Waals surface area contributed by atoms with Crippen molar-refractivity contribution in [2.24, 2.45) is 0 Å². The second-order valence-electron chi connectivity index (χ2n) is 13.8. The van der Waals surface area contributed by atoms with Gasteiger partial charge in [0.2, 0.25) is 0 Å². The molecule has 0 aromatic carbocycles. The van der Waals surface area contributed by atoms with E-state index in [0.29, 0.717) is 19.4 Å². The van der Waals surface area contributed by atoms with E-state index in [4.69, 9.17) is 9.47 Å². The Morgan fingerprint density at radius 1 is 0.378 bits per heavy atom. The number of carbonyl (C=O) groups excluding carboxylic acids is 2. The lowest BCUT2D eigenvalue weighted by Gasteiger charge is -2.07. The molecule has 45 heavy (non-hydrogen) atoms. The quantitative estimate of drug-likeness (QED) is 0.0520. The summed E-state index contributed by atoms with van der Waals surface area (Å²) < 4.78 is 10.4. The normalized spacial score (nSPS) is 11.0. The Morgan fingerprint density at radius 3 is 0.956 bits per heavy atom. The molecule has 4 nitrogen and oxygen atoms in total. The van der Waals surface area contributed by atoms with Crippen molar-refractivity contribution >= 4 is 11.9 Å². The van der Waals surface area contributed by atoms with Crippen molar-refractivity contribution in [2.45, 2.75) is 246 Å². The summed E-state index contributed by atoms with van der Waals surface area (Å²) in [6.07, 6.45) is 40.6. The summed E-state index contributed by atoms with van der Waals surface area (Å²) in [5.74, 6) is -0.0208. The van der Waals surface area contributed by atoms with Gasteiger partial charge in [0.1, 0.15) is 0 Å². The largest absolute Gasteiger partial charge is 0.466 e. The molecule has 0 aliphatic rings. The van der Waals surface area contributed by atoms with Crippen molar-refractivity contribution in [1.82, 2.24) is 0 Å². The number of unbranched alkanes of at least 4 members (excludes halogenated alkanes) is 27. The highest BCUT2D eigenvalue weighted by Crippen LogP contribution is 2.14. The van der Waals surface area contributed by atoms with E-state index in [9.17, 15) is 9.59 Å². The van der Waals surface area contributed by atoms with E-state index in [2.05, 4.69) is 20.8 Å². The lowest BCUT2D eigenvalue weighted by atomic mass is 10.0. The first-order chi connectivity index (χ1) is 22.0. The fourth-order valence-electron chi connectivity index (χ4n) is 5.68. The van der Waals surface area contributed by atoms with E-state index >= 15 is 0 Å². The Balaban J connectivity index is 0. The van der Waals surface area contributed by atoms with E-state index in [0.717, 1.165) is 19.3 Å².